The first-order chi connectivity index (χ1) is 12.3. The van der Waals surface area contributed by atoms with Crippen molar-refractivity contribution < 1.29 is 38.6 Å². The summed E-state index contributed by atoms with van der Waals surface area (Å²) >= 11 is 0. The molecule has 1 aromatic rings. The highest BCUT2D eigenvalue weighted by Crippen LogP contribution is 2.38. The number of ether oxygens (including phenoxy) is 1. The van der Waals surface area contributed by atoms with Crippen LogP contribution in [0, 0.1) is 12.8 Å². The predicted molar refractivity (Wildman–Crippen MR) is 91.1 cm³/mol. The summed E-state index contributed by atoms with van der Waals surface area (Å²) in [5.41, 5.74) is -0.918. The Balaban J connectivity index is 0.000000527. The lowest BCUT2D eigenvalue weighted by atomic mass is 10.2. The van der Waals surface area contributed by atoms with Crippen LogP contribution in [0.1, 0.15) is 32.1 Å². The molecule has 1 aliphatic heterocycles. The maximum absolute atomic E-state index is 11.7. The Labute approximate surface area is 153 Å². The lowest BCUT2D eigenvalue weighted by Gasteiger charge is -2.16. The van der Waals surface area contributed by atoms with Gasteiger partial charge in [-0.05, 0) is 6.92 Å². The van der Waals surface area contributed by atoms with Gasteiger partial charge in [-0.1, -0.05) is 13.8 Å². The van der Waals surface area contributed by atoms with Gasteiger partial charge in [0.15, 0.2) is 0 Å². The number of carbonyl (C=O) groups is 1. The number of hydrogen-bond acceptors (Lipinski definition) is 7. The normalized spacial score (nSPS) is 22.4. The summed E-state index contributed by atoms with van der Waals surface area (Å²) < 4.78 is 21.4. The molecule has 13 heteroatoms. The van der Waals surface area contributed by atoms with Crippen molar-refractivity contribution in [3.05, 3.63) is 32.6 Å². The first kappa shape index (κ1) is 23.2. The highest BCUT2D eigenvalue weighted by atomic mass is 31.2. The van der Waals surface area contributed by atoms with Crippen molar-refractivity contribution in [3.8, 4) is 0 Å². The van der Waals surface area contributed by atoms with Gasteiger partial charge in [-0.15, -0.1) is 0 Å². The zero-order valence-corrected chi connectivity index (χ0v) is 15.8. The maximum atomic E-state index is 11.7. The molecule has 0 saturated carbocycles. The van der Waals surface area contributed by atoms with E-state index in [0.717, 1.165) is 4.57 Å². The SMILES string of the molecule is CC(C)C(=O)O.Cc1cn([C@H]2C[C@H](O)[C@@H](COP(=O)(O)O)O2)c(=O)[nH]c1=O. The molecule has 3 atom stereocenters. The second-order valence-electron chi connectivity index (χ2n) is 6.19. The van der Waals surface area contributed by atoms with Gasteiger partial charge in [-0.2, -0.15) is 0 Å². The second kappa shape index (κ2) is 9.40. The molecule has 1 saturated heterocycles. The molecule has 0 aliphatic carbocycles. The molecule has 1 aromatic heterocycles. The number of rotatable bonds is 5. The van der Waals surface area contributed by atoms with Crippen molar-refractivity contribution in [1.29, 1.82) is 0 Å². The summed E-state index contributed by atoms with van der Waals surface area (Å²) in [7, 11) is -4.67. The minimum absolute atomic E-state index is 0.0283. The van der Waals surface area contributed by atoms with Gasteiger partial charge < -0.3 is 24.7 Å². The van der Waals surface area contributed by atoms with Gasteiger partial charge in [0.05, 0.1) is 18.6 Å². The number of phosphoric acid groups is 1. The molecular formula is C14H23N2O10P. The van der Waals surface area contributed by atoms with Crippen LogP contribution in [0.5, 0.6) is 0 Å². The third kappa shape index (κ3) is 7.37. The lowest BCUT2D eigenvalue weighted by molar-refractivity contribution is -0.140. The van der Waals surface area contributed by atoms with Crippen molar-refractivity contribution in [3.63, 3.8) is 0 Å². The number of carboxylic acid groups (broad SMARTS) is 1. The fourth-order valence-electron chi connectivity index (χ4n) is 2.01. The number of phosphoric ester groups is 1. The topological polar surface area (TPSA) is 188 Å². The largest absolute Gasteiger partial charge is 0.481 e. The quantitative estimate of drug-likeness (QED) is 0.389. The van der Waals surface area contributed by atoms with Gasteiger partial charge in [-0.3, -0.25) is 23.7 Å². The van der Waals surface area contributed by atoms with Gasteiger partial charge >= 0.3 is 19.5 Å². The molecule has 12 nitrogen and oxygen atoms in total. The molecule has 5 N–H and O–H groups in total. The third-order valence-corrected chi connectivity index (χ3v) is 4.05. The number of nitrogens with one attached hydrogen (secondary N) is 1. The Bertz CT molecular complexity index is 811. The standard InChI is InChI=1S/C10H15N2O8P.C4H8O2/c1-5-3-12(10(15)11-9(5)14)8-2-6(13)7(20-8)4-19-21(16,17)18;1-3(2)4(5)6/h3,6-8,13H,2,4H2,1H3,(H,11,14,15)(H2,16,17,18);3H,1-2H3,(H,5,6)/t6-,7+,8+;/m0./s1. The zero-order valence-electron chi connectivity index (χ0n) is 14.9. The Hall–Kier alpha value is -1.82. The first-order valence-corrected chi connectivity index (χ1v) is 9.43. The van der Waals surface area contributed by atoms with Crippen LogP contribution in [0.25, 0.3) is 0 Å². The molecule has 2 rings (SSSR count). The molecule has 0 amide bonds. The van der Waals surface area contributed by atoms with Gasteiger partial charge in [0.1, 0.15) is 12.3 Å². The number of carboxylic acids is 1. The Morgan fingerprint density at radius 1 is 1.44 bits per heavy atom. The maximum Gasteiger partial charge on any atom is 0.469 e. The van der Waals surface area contributed by atoms with E-state index in [-0.39, 0.29) is 12.3 Å². The monoisotopic (exact) mass is 410 g/mol. The third-order valence-electron chi connectivity index (χ3n) is 3.56. The highest BCUT2D eigenvalue weighted by molar-refractivity contribution is 7.46. The van der Waals surface area contributed by atoms with Crippen LogP contribution in [0.2, 0.25) is 0 Å². The van der Waals surface area contributed by atoms with E-state index in [1.165, 1.54) is 13.1 Å². The zero-order chi connectivity index (χ0) is 20.9. The number of H-pyrrole nitrogens is 1. The van der Waals surface area contributed by atoms with E-state index < -0.39 is 50.1 Å². The number of nitrogens with zero attached hydrogens (tertiary/aromatic N) is 1. The van der Waals surface area contributed by atoms with Crippen LogP contribution in [0.15, 0.2) is 15.8 Å². The molecule has 154 valence electrons. The average Bonchev–Trinajstić information content (AvgIpc) is 2.89. The molecule has 27 heavy (non-hydrogen) atoms. The van der Waals surface area contributed by atoms with Crippen molar-refractivity contribution in [2.24, 2.45) is 5.92 Å². The van der Waals surface area contributed by atoms with Crippen LogP contribution in [0.3, 0.4) is 0 Å². The number of aliphatic carboxylic acids is 1. The van der Waals surface area contributed by atoms with E-state index in [9.17, 15) is 24.1 Å². The van der Waals surface area contributed by atoms with E-state index in [0.29, 0.717) is 5.56 Å². The minimum Gasteiger partial charge on any atom is -0.481 e. The van der Waals surface area contributed by atoms with Crippen molar-refractivity contribution in [1.82, 2.24) is 9.55 Å². The number of aliphatic hydroxyl groups is 1. The summed E-state index contributed by atoms with van der Waals surface area (Å²) in [5.74, 6) is -0.972. The van der Waals surface area contributed by atoms with E-state index in [4.69, 9.17) is 19.6 Å². The molecule has 0 bridgehead atoms. The summed E-state index contributed by atoms with van der Waals surface area (Å²) in [6, 6.07) is 0. The second-order valence-corrected chi connectivity index (χ2v) is 7.43. The Kier molecular flexibility index (Phi) is 8.08. The molecule has 1 aliphatic rings. The number of aliphatic hydroxyl groups excluding tert-OH is 1. The van der Waals surface area contributed by atoms with Gasteiger partial charge in [0, 0.05) is 18.2 Å². The summed E-state index contributed by atoms with van der Waals surface area (Å²) in [4.78, 5) is 52.0. The van der Waals surface area contributed by atoms with Crippen LogP contribution in [0.4, 0.5) is 0 Å². The number of aromatic amines is 1. The first-order valence-electron chi connectivity index (χ1n) is 7.90. The fourth-order valence-corrected chi connectivity index (χ4v) is 2.35. The van der Waals surface area contributed by atoms with Crippen LogP contribution in [-0.2, 0) is 18.6 Å². The van der Waals surface area contributed by atoms with E-state index in [1.807, 2.05) is 0 Å². The molecule has 0 aromatic carbocycles. The van der Waals surface area contributed by atoms with Crippen LogP contribution in [-0.4, -0.2) is 54.3 Å². The van der Waals surface area contributed by atoms with Gasteiger partial charge in [-0.25, -0.2) is 9.36 Å². The molecule has 2 heterocycles. The Morgan fingerprint density at radius 3 is 2.48 bits per heavy atom. The summed E-state index contributed by atoms with van der Waals surface area (Å²) in [6.07, 6.45) is -1.57. The average molecular weight is 410 g/mol. The number of hydrogen-bond donors (Lipinski definition) is 5. The van der Waals surface area contributed by atoms with Crippen molar-refractivity contribution in [2.45, 2.75) is 45.6 Å². The van der Waals surface area contributed by atoms with E-state index in [2.05, 4.69) is 9.51 Å². The molecular weight excluding hydrogens is 387 g/mol. The fraction of sp³-hybridized carbons (Fsp3) is 0.643. The van der Waals surface area contributed by atoms with Crippen molar-refractivity contribution in [2.75, 3.05) is 6.61 Å². The molecule has 0 unspecified atom stereocenters. The number of aryl methyl sites for hydroxylation is 1. The number of aromatic nitrogens is 2. The Morgan fingerprint density at radius 2 is 2.00 bits per heavy atom. The van der Waals surface area contributed by atoms with Crippen molar-refractivity contribution >= 4 is 13.8 Å². The van der Waals surface area contributed by atoms with Gasteiger partial charge in [0.2, 0.25) is 0 Å². The minimum atomic E-state index is -4.67. The lowest BCUT2D eigenvalue weighted by Crippen LogP contribution is -2.33. The van der Waals surface area contributed by atoms with Crippen LogP contribution < -0.4 is 11.2 Å². The molecule has 0 spiro atoms. The van der Waals surface area contributed by atoms with E-state index in [1.54, 1.807) is 13.8 Å². The summed E-state index contributed by atoms with van der Waals surface area (Å²) in [5, 5.41) is 17.8. The summed E-state index contributed by atoms with van der Waals surface area (Å²) in [6.45, 7) is 4.28. The smallest absolute Gasteiger partial charge is 0.469 e. The molecule has 0 radical (unpaired) electrons. The predicted octanol–water partition coefficient (Wildman–Crippen LogP) is -0.670. The van der Waals surface area contributed by atoms with Crippen LogP contribution >= 0.6 is 7.82 Å². The van der Waals surface area contributed by atoms with Gasteiger partial charge in [0.25, 0.3) is 5.56 Å². The molecule has 1 fully saturated rings. The van der Waals surface area contributed by atoms with E-state index >= 15 is 0 Å². The highest BCUT2D eigenvalue weighted by Gasteiger charge is 2.37.